The number of carbonyl (C=O) groups is 2. The summed E-state index contributed by atoms with van der Waals surface area (Å²) in [4.78, 5) is 41.0. The lowest BCUT2D eigenvalue weighted by Crippen LogP contribution is -2.48. The molecule has 1 aliphatic heterocycles. The maximum absolute atomic E-state index is 13.7. The fraction of sp³-hybridized carbons (Fsp3) is 0.400. The van der Waals surface area contributed by atoms with Crippen LogP contribution in [0.5, 0.6) is 0 Å². The lowest BCUT2D eigenvalue weighted by Gasteiger charge is -2.33. The second-order valence-corrected chi connectivity index (χ2v) is 8.64. The molecule has 3 atom stereocenters. The van der Waals surface area contributed by atoms with Gasteiger partial charge < -0.3 is 14.2 Å². The van der Waals surface area contributed by atoms with E-state index in [1.54, 1.807) is 17.0 Å². The molecule has 1 amide bonds. The summed E-state index contributed by atoms with van der Waals surface area (Å²) < 4.78 is 6.96. The second-order valence-electron chi connectivity index (χ2n) is 8.64. The van der Waals surface area contributed by atoms with Crippen molar-refractivity contribution in [1.29, 1.82) is 0 Å². The van der Waals surface area contributed by atoms with Crippen LogP contribution in [0.25, 0.3) is 21.8 Å². The minimum atomic E-state index is -0.525. The molecular weight excluding hydrogens is 392 g/mol. The number of carbonyl (C=O) groups excluding carboxylic acids is 2. The zero-order valence-corrected chi connectivity index (χ0v) is 17.6. The number of rotatable bonds is 3. The van der Waals surface area contributed by atoms with Crippen molar-refractivity contribution in [2.75, 3.05) is 7.11 Å². The fourth-order valence-corrected chi connectivity index (χ4v) is 5.63. The maximum atomic E-state index is 13.7. The molecule has 0 unspecified atom stereocenters. The Morgan fingerprint density at radius 2 is 1.58 bits per heavy atom. The van der Waals surface area contributed by atoms with Crippen molar-refractivity contribution in [2.24, 2.45) is 5.92 Å². The van der Waals surface area contributed by atoms with Gasteiger partial charge in [-0.25, -0.2) is 4.79 Å². The molecule has 3 aromatic rings. The monoisotopic (exact) mass is 418 g/mol. The highest BCUT2D eigenvalue weighted by atomic mass is 16.5. The molecule has 1 aromatic heterocycles. The summed E-state index contributed by atoms with van der Waals surface area (Å²) in [6.45, 7) is 0.0814. The molecule has 2 aromatic carbocycles. The van der Waals surface area contributed by atoms with Gasteiger partial charge in [-0.3, -0.25) is 9.59 Å². The van der Waals surface area contributed by atoms with E-state index in [4.69, 9.17) is 4.74 Å². The number of para-hydroxylation sites is 2. The summed E-state index contributed by atoms with van der Waals surface area (Å²) in [7, 11) is 1.38. The van der Waals surface area contributed by atoms with Gasteiger partial charge in [0.05, 0.1) is 18.1 Å². The summed E-state index contributed by atoms with van der Waals surface area (Å²) in [6.07, 6.45) is 4.87. The van der Waals surface area contributed by atoms with Crippen molar-refractivity contribution < 1.29 is 14.3 Å². The second kappa shape index (κ2) is 7.84. The predicted octanol–water partition coefficient (Wildman–Crippen LogP) is 3.49. The van der Waals surface area contributed by atoms with Gasteiger partial charge in [-0.2, -0.15) is 0 Å². The Hall–Kier alpha value is -3.15. The average Bonchev–Trinajstić information content (AvgIpc) is 3.21. The first kappa shape index (κ1) is 19.8. The van der Waals surface area contributed by atoms with Crippen LogP contribution in [-0.4, -0.2) is 40.5 Å². The molecule has 2 heterocycles. The quantitative estimate of drug-likeness (QED) is 0.482. The molecule has 6 heteroatoms. The number of amides is 1. The number of fused-ring (bicyclic) bond motifs is 3. The Morgan fingerprint density at radius 3 is 2.23 bits per heavy atom. The number of hydrogen-bond acceptors (Lipinski definition) is 4. The summed E-state index contributed by atoms with van der Waals surface area (Å²) in [5, 5.41) is 1.19. The SMILES string of the molecule is COC(=O)[C@@H]1C[C@H]2CCCC[C@@H]2N1C(=O)Cn1c2ccccc2c(=O)c2ccccc21. The smallest absolute Gasteiger partial charge is 0.328 e. The van der Waals surface area contributed by atoms with Crippen LogP contribution in [0.15, 0.2) is 53.3 Å². The first-order valence-corrected chi connectivity index (χ1v) is 11.0. The zero-order chi connectivity index (χ0) is 21.5. The van der Waals surface area contributed by atoms with Gasteiger partial charge in [-0.15, -0.1) is 0 Å². The first-order valence-electron chi connectivity index (χ1n) is 11.0. The Balaban J connectivity index is 1.60. The van der Waals surface area contributed by atoms with Crippen LogP contribution in [0.1, 0.15) is 32.1 Å². The van der Waals surface area contributed by atoms with E-state index in [1.165, 1.54) is 7.11 Å². The van der Waals surface area contributed by atoms with Crippen molar-refractivity contribution in [3.63, 3.8) is 0 Å². The number of methoxy groups -OCH3 is 1. The molecule has 31 heavy (non-hydrogen) atoms. The van der Waals surface area contributed by atoms with E-state index in [-0.39, 0.29) is 29.9 Å². The van der Waals surface area contributed by atoms with E-state index in [0.717, 1.165) is 36.7 Å². The number of hydrogen-bond donors (Lipinski definition) is 0. The standard InChI is InChI=1S/C25H26N2O4/c1-31-25(30)22-14-16-8-2-5-11-19(16)27(22)23(28)15-26-20-12-6-3-9-17(20)24(29)18-10-4-7-13-21(18)26/h3-4,6-7,9-10,12-13,16,19,22H,2,5,8,11,14-15H2,1H3/t16-,19+,22+/m1/s1. The molecule has 5 rings (SSSR count). The van der Waals surface area contributed by atoms with Crippen molar-refractivity contribution in [3.05, 3.63) is 58.8 Å². The lowest BCUT2D eigenvalue weighted by molar-refractivity contribution is -0.152. The van der Waals surface area contributed by atoms with Gasteiger partial charge in [0, 0.05) is 16.8 Å². The molecule has 6 nitrogen and oxygen atoms in total. The molecule has 0 bridgehead atoms. The highest BCUT2D eigenvalue weighted by Crippen LogP contribution is 2.40. The lowest BCUT2D eigenvalue weighted by atomic mass is 9.85. The molecule has 0 radical (unpaired) electrons. The van der Waals surface area contributed by atoms with E-state index in [0.29, 0.717) is 23.1 Å². The predicted molar refractivity (Wildman–Crippen MR) is 119 cm³/mol. The van der Waals surface area contributed by atoms with E-state index >= 15 is 0 Å². The van der Waals surface area contributed by atoms with Gasteiger partial charge in [-0.1, -0.05) is 37.1 Å². The molecule has 2 aliphatic rings. The maximum Gasteiger partial charge on any atom is 0.328 e. The summed E-state index contributed by atoms with van der Waals surface area (Å²) in [6, 6.07) is 14.3. The van der Waals surface area contributed by atoms with E-state index in [1.807, 2.05) is 41.0 Å². The number of benzene rings is 2. The van der Waals surface area contributed by atoms with Crippen molar-refractivity contribution in [3.8, 4) is 0 Å². The van der Waals surface area contributed by atoms with Gasteiger partial charge in [0.2, 0.25) is 5.91 Å². The Kier molecular flexibility index (Phi) is 5.00. The fourth-order valence-electron chi connectivity index (χ4n) is 5.63. The molecule has 2 fully saturated rings. The van der Waals surface area contributed by atoms with E-state index in [2.05, 4.69) is 0 Å². The molecule has 1 saturated carbocycles. The zero-order valence-electron chi connectivity index (χ0n) is 17.6. The van der Waals surface area contributed by atoms with Crippen LogP contribution in [0.4, 0.5) is 0 Å². The topological polar surface area (TPSA) is 68.6 Å². The van der Waals surface area contributed by atoms with Gasteiger partial charge in [0.15, 0.2) is 5.43 Å². The Bertz CT molecular complexity index is 1170. The van der Waals surface area contributed by atoms with Crippen molar-refractivity contribution >= 4 is 33.7 Å². The van der Waals surface area contributed by atoms with Crippen LogP contribution < -0.4 is 5.43 Å². The van der Waals surface area contributed by atoms with E-state index in [9.17, 15) is 14.4 Å². The normalized spacial score (nSPS) is 23.1. The number of ether oxygens (including phenoxy) is 1. The number of aromatic nitrogens is 1. The summed E-state index contributed by atoms with van der Waals surface area (Å²) in [5.74, 6) is -0.0783. The molecule has 160 valence electrons. The van der Waals surface area contributed by atoms with E-state index < -0.39 is 6.04 Å². The number of nitrogens with zero attached hydrogens (tertiary/aromatic N) is 2. The number of pyridine rings is 1. The van der Waals surface area contributed by atoms with Crippen LogP contribution in [0, 0.1) is 5.92 Å². The van der Waals surface area contributed by atoms with Gasteiger partial charge in [0.25, 0.3) is 0 Å². The Labute approximate surface area is 180 Å². The third-order valence-corrected chi connectivity index (χ3v) is 7.02. The highest BCUT2D eigenvalue weighted by Gasteiger charge is 2.47. The van der Waals surface area contributed by atoms with Crippen LogP contribution in [-0.2, 0) is 20.9 Å². The average molecular weight is 418 g/mol. The molecule has 0 N–H and O–H groups in total. The highest BCUT2D eigenvalue weighted by molar-refractivity contribution is 5.95. The third kappa shape index (κ3) is 3.21. The van der Waals surface area contributed by atoms with Crippen LogP contribution in [0.3, 0.4) is 0 Å². The minimum Gasteiger partial charge on any atom is -0.467 e. The summed E-state index contributed by atoms with van der Waals surface area (Å²) >= 11 is 0. The molecule has 1 saturated heterocycles. The molecule has 1 aliphatic carbocycles. The Morgan fingerprint density at radius 1 is 0.968 bits per heavy atom. The minimum absolute atomic E-state index is 0.0316. The van der Waals surface area contributed by atoms with Gasteiger partial charge >= 0.3 is 5.97 Å². The first-order chi connectivity index (χ1) is 15.1. The summed E-state index contributed by atoms with van der Waals surface area (Å²) in [5.41, 5.74) is 1.43. The molecule has 0 spiro atoms. The van der Waals surface area contributed by atoms with Gasteiger partial charge in [0.1, 0.15) is 12.6 Å². The third-order valence-electron chi connectivity index (χ3n) is 7.02. The van der Waals surface area contributed by atoms with Crippen LogP contribution >= 0.6 is 0 Å². The van der Waals surface area contributed by atoms with Crippen LogP contribution in [0.2, 0.25) is 0 Å². The van der Waals surface area contributed by atoms with Crippen molar-refractivity contribution in [1.82, 2.24) is 9.47 Å². The number of likely N-dealkylation sites (tertiary alicyclic amines) is 1. The molecular formula is C25H26N2O4. The number of esters is 1. The largest absolute Gasteiger partial charge is 0.467 e. The van der Waals surface area contributed by atoms with Crippen molar-refractivity contribution in [2.45, 2.75) is 50.7 Å². The van der Waals surface area contributed by atoms with Gasteiger partial charge in [-0.05, 0) is 49.4 Å².